The SMILES string of the molecule is O=C(O)[C@H](c1cc(I)ccc1COC1CCOCC1)N1CCC([C@H](F)CCCCc2ccc3c(n2)N(I)CCC3)C1. The molecule has 0 amide bonds. The summed E-state index contributed by atoms with van der Waals surface area (Å²) < 4.78 is 30.2. The molecule has 3 aliphatic heterocycles. The third-order valence-corrected chi connectivity index (χ3v) is 10.2. The molecule has 1 aromatic heterocycles. The number of benzene rings is 1. The van der Waals surface area contributed by atoms with E-state index < -0.39 is 18.2 Å². The van der Waals surface area contributed by atoms with E-state index in [4.69, 9.17) is 14.5 Å². The van der Waals surface area contributed by atoms with Crippen molar-refractivity contribution in [1.29, 1.82) is 0 Å². The van der Waals surface area contributed by atoms with Crippen molar-refractivity contribution in [2.75, 3.05) is 36.0 Å². The molecule has 224 valence electrons. The number of halogens is 3. The van der Waals surface area contributed by atoms with E-state index in [0.717, 1.165) is 77.7 Å². The Morgan fingerprint density at radius 2 is 2.00 bits per heavy atom. The fourth-order valence-corrected chi connectivity index (χ4v) is 7.56. The van der Waals surface area contributed by atoms with Gasteiger partial charge in [0.2, 0.25) is 0 Å². The highest BCUT2D eigenvalue weighted by Gasteiger charge is 2.37. The third kappa shape index (κ3) is 8.30. The van der Waals surface area contributed by atoms with Crippen LogP contribution in [0.5, 0.6) is 0 Å². The van der Waals surface area contributed by atoms with Crippen LogP contribution < -0.4 is 3.11 Å². The largest absolute Gasteiger partial charge is 0.480 e. The van der Waals surface area contributed by atoms with Gasteiger partial charge >= 0.3 is 5.97 Å². The molecule has 41 heavy (non-hydrogen) atoms. The van der Waals surface area contributed by atoms with E-state index in [2.05, 4.69) is 60.7 Å². The molecule has 0 spiro atoms. The summed E-state index contributed by atoms with van der Waals surface area (Å²) in [4.78, 5) is 19.4. The van der Waals surface area contributed by atoms with E-state index in [-0.39, 0.29) is 12.0 Å². The maximum atomic E-state index is 15.4. The predicted octanol–water partition coefficient (Wildman–Crippen LogP) is 6.68. The molecule has 1 aromatic carbocycles. The zero-order chi connectivity index (χ0) is 28.8. The maximum absolute atomic E-state index is 15.4. The number of aromatic nitrogens is 1. The monoisotopic (exact) mass is 791 g/mol. The average Bonchev–Trinajstić information content (AvgIpc) is 3.45. The second-order valence-electron chi connectivity index (χ2n) is 11.5. The van der Waals surface area contributed by atoms with Crippen molar-refractivity contribution >= 4 is 57.2 Å². The van der Waals surface area contributed by atoms with Crippen molar-refractivity contribution < 1.29 is 23.8 Å². The summed E-state index contributed by atoms with van der Waals surface area (Å²) in [6.45, 7) is 3.84. The lowest BCUT2D eigenvalue weighted by atomic mass is 9.97. The van der Waals surface area contributed by atoms with Crippen LogP contribution in [-0.4, -0.2) is 66.1 Å². The fourth-order valence-electron chi connectivity index (χ4n) is 6.29. The number of fused-ring (bicyclic) bond motifs is 1. The predicted molar refractivity (Wildman–Crippen MR) is 174 cm³/mol. The van der Waals surface area contributed by atoms with Gasteiger partial charge in [0.05, 0.1) is 35.6 Å². The minimum atomic E-state index is -0.928. The van der Waals surface area contributed by atoms with Crippen LogP contribution in [0.25, 0.3) is 0 Å². The van der Waals surface area contributed by atoms with Crippen LogP contribution in [-0.2, 0) is 33.7 Å². The number of carboxylic acids is 1. The van der Waals surface area contributed by atoms with Crippen molar-refractivity contribution in [2.24, 2.45) is 5.92 Å². The number of carbonyl (C=O) groups is 1. The molecule has 2 fully saturated rings. The number of ether oxygens (including phenoxy) is 2. The van der Waals surface area contributed by atoms with Gasteiger partial charge < -0.3 is 14.6 Å². The number of aliphatic carboxylic acids is 1. The van der Waals surface area contributed by atoms with E-state index in [0.29, 0.717) is 45.8 Å². The zero-order valence-electron chi connectivity index (χ0n) is 23.5. The number of anilines is 1. The van der Waals surface area contributed by atoms with Crippen LogP contribution >= 0.6 is 45.5 Å². The van der Waals surface area contributed by atoms with Crippen LogP contribution in [0.3, 0.4) is 0 Å². The molecule has 1 unspecified atom stereocenters. The molecule has 3 aliphatic rings. The Kier molecular flexibility index (Phi) is 11.5. The standard InChI is InChI=1S/C31H40FI2N3O4/c32-28(6-2-1-5-25-10-8-21-4-3-14-37(34)30(21)35-25)22-11-15-36(19-22)29(31(38)39)27-18-24(33)9-7-23(27)20-41-26-12-16-40-17-13-26/h7-10,18,22,26,28-29H,1-6,11-17,19-20H2,(H,38,39)/t22?,28-,29+/m1/s1. The normalized spacial score (nSPS) is 21.5. The first-order valence-corrected chi connectivity index (χ1v) is 16.9. The number of likely N-dealkylation sites (tertiary alicyclic amines) is 1. The summed E-state index contributed by atoms with van der Waals surface area (Å²) in [5.41, 5.74) is 4.04. The van der Waals surface area contributed by atoms with Crippen molar-refractivity contribution in [2.45, 2.75) is 82.7 Å². The molecule has 0 radical (unpaired) electrons. The third-order valence-electron chi connectivity index (χ3n) is 8.62. The van der Waals surface area contributed by atoms with Gasteiger partial charge in [-0.3, -0.25) is 12.8 Å². The van der Waals surface area contributed by atoms with E-state index >= 15 is 4.39 Å². The quantitative estimate of drug-likeness (QED) is 0.146. The Bertz CT molecular complexity index is 1180. The van der Waals surface area contributed by atoms with Gasteiger partial charge in [-0.1, -0.05) is 18.6 Å². The zero-order valence-corrected chi connectivity index (χ0v) is 27.8. The number of hydrogen-bond donors (Lipinski definition) is 1. The summed E-state index contributed by atoms with van der Waals surface area (Å²) >= 11 is 4.57. The molecule has 2 saturated heterocycles. The Balaban J connectivity index is 1.14. The number of nitrogens with zero attached hydrogens (tertiary/aromatic N) is 3. The number of carboxylic acid groups (broad SMARTS) is 1. The first kappa shape index (κ1) is 31.3. The van der Waals surface area contributed by atoms with E-state index in [1.54, 1.807) is 0 Å². The lowest BCUT2D eigenvalue weighted by Gasteiger charge is -2.28. The van der Waals surface area contributed by atoms with Gasteiger partial charge in [0.1, 0.15) is 18.0 Å². The number of hydrogen-bond acceptors (Lipinski definition) is 6. The van der Waals surface area contributed by atoms with E-state index in [1.165, 1.54) is 5.56 Å². The Labute approximate surface area is 270 Å². The van der Waals surface area contributed by atoms with Crippen LogP contribution in [0.2, 0.25) is 0 Å². The summed E-state index contributed by atoms with van der Waals surface area (Å²) in [5.74, 6) is 0.0529. The van der Waals surface area contributed by atoms with Gasteiger partial charge in [-0.2, -0.15) is 0 Å². The summed E-state index contributed by atoms with van der Waals surface area (Å²) in [6, 6.07) is 9.44. The lowest BCUT2D eigenvalue weighted by Crippen LogP contribution is -2.34. The first-order valence-electron chi connectivity index (χ1n) is 14.9. The molecule has 0 saturated carbocycles. The molecule has 0 aliphatic carbocycles. The van der Waals surface area contributed by atoms with Gasteiger partial charge in [-0.05, 0) is 115 Å². The van der Waals surface area contributed by atoms with E-state index in [1.807, 2.05) is 23.1 Å². The Hall–Kier alpha value is -1.09. The van der Waals surface area contributed by atoms with Crippen LogP contribution in [0, 0.1) is 9.49 Å². The summed E-state index contributed by atoms with van der Waals surface area (Å²) in [5, 5.41) is 10.3. The van der Waals surface area contributed by atoms with Crippen molar-refractivity contribution in [3.63, 3.8) is 0 Å². The van der Waals surface area contributed by atoms with Crippen molar-refractivity contribution in [1.82, 2.24) is 9.88 Å². The molecule has 1 N–H and O–H groups in total. The van der Waals surface area contributed by atoms with Gasteiger partial charge in [0.15, 0.2) is 0 Å². The van der Waals surface area contributed by atoms with E-state index in [9.17, 15) is 9.90 Å². The highest BCUT2D eigenvalue weighted by atomic mass is 127. The number of alkyl halides is 1. The molecule has 0 bridgehead atoms. The summed E-state index contributed by atoms with van der Waals surface area (Å²) in [7, 11) is 0. The van der Waals surface area contributed by atoms with Crippen molar-refractivity contribution in [3.8, 4) is 0 Å². The lowest BCUT2D eigenvalue weighted by molar-refractivity contribution is -0.143. The fraction of sp³-hybridized carbons (Fsp3) is 0.613. The Morgan fingerprint density at radius 1 is 1.17 bits per heavy atom. The smallest absolute Gasteiger partial charge is 0.325 e. The number of pyridine rings is 1. The average molecular weight is 791 g/mol. The number of rotatable bonds is 12. The topological polar surface area (TPSA) is 75.1 Å². The molecule has 2 aromatic rings. The molecular formula is C31H40FI2N3O4. The van der Waals surface area contributed by atoms with Gasteiger partial charge in [-0.15, -0.1) is 0 Å². The van der Waals surface area contributed by atoms with Crippen LogP contribution in [0.15, 0.2) is 30.3 Å². The van der Waals surface area contributed by atoms with Gasteiger partial charge in [-0.25, -0.2) is 9.37 Å². The molecule has 4 heterocycles. The summed E-state index contributed by atoms with van der Waals surface area (Å²) in [6.07, 6.45) is 6.91. The van der Waals surface area contributed by atoms with Crippen LogP contribution in [0.4, 0.5) is 10.2 Å². The molecule has 5 rings (SSSR count). The van der Waals surface area contributed by atoms with Crippen molar-refractivity contribution in [3.05, 3.63) is 56.3 Å². The highest BCUT2D eigenvalue weighted by molar-refractivity contribution is 14.1. The second kappa shape index (κ2) is 15.1. The Morgan fingerprint density at radius 3 is 2.80 bits per heavy atom. The second-order valence-corrected chi connectivity index (χ2v) is 13.9. The molecule has 7 nitrogen and oxygen atoms in total. The minimum absolute atomic E-state index is 0.131. The highest BCUT2D eigenvalue weighted by Crippen LogP contribution is 2.35. The molecule has 10 heteroatoms. The molecular weight excluding hydrogens is 751 g/mol. The van der Waals surface area contributed by atoms with Crippen LogP contribution in [0.1, 0.15) is 73.4 Å². The number of unbranched alkanes of at least 4 members (excludes halogenated alkanes) is 1. The van der Waals surface area contributed by atoms with Gasteiger partial charge in [0, 0.05) is 41.5 Å². The maximum Gasteiger partial charge on any atom is 0.325 e. The first-order chi connectivity index (χ1) is 19.9. The molecule has 3 atom stereocenters. The number of aryl methyl sites for hydroxylation is 2. The van der Waals surface area contributed by atoms with Gasteiger partial charge in [0.25, 0.3) is 0 Å². The minimum Gasteiger partial charge on any atom is -0.480 e.